The molecular weight excluding hydrogens is 616 g/mol. The van der Waals surface area contributed by atoms with Crippen molar-refractivity contribution < 1.29 is 18.7 Å². The fourth-order valence-electron chi connectivity index (χ4n) is 4.52. The maximum Gasteiger partial charge on any atom is 0.410 e. The molecule has 0 radical (unpaired) electrons. The summed E-state index contributed by atoms with van der Waals surface area (Å²) in [4.78, 5) is 38.6. The van der Waals surface area contributed by atoms with E-state index in [0.717, 1.165) is 3.57 Å². The first-order valence-corrected chi connectivity index (χ1v) is 13.6. The van der Waals surface area contributed by atoms with E-state index in [-0.39, 0.29) is 12.1 Å². The summed E-state index contributed by atoms with van der Waals surface area (Å²) in [7, 11) is 0. The molecule has 1 atom stereocenters. The number of fused-ring (bicyclic) bond motifs is 1. The van der Waals surface area contributed by atoms with Crippen LogP contribution in [0.1, 0.15) is 44.0 Å². The molecular formula is C27H27FIN7O3. The Morgan fingerprint density at radius 1 is 1.13 bits per heavy atom. The number of ether oxygens (including phenoxy) is 1. The largest absolute Gasteiger partial charge is 0.444 e. The third-order valence-corrected chi connectivity index (χ3v) is 6.89. The van der Waals surface area contributed by atoms with Crippen LogP contribution in [0.2, 0.25) is 0 Å². The highest BCUT2D eigenvalue weighted by Gasteiger charge is 2.35. The van der Waals surface area contributed by atoms with E-state index < -0.39 is 29.5 Å². The minimum atomic E-state index is -0.715. The summed E-state index contributed by atoms with van der Waals surface area (Å²) in [5.74, 6) is -0.878. The highest BCUT2D eigenvalue weighted by Crippen LogP contribution is 2.27. The van der Waals surface area contributed by atoms with Crippen molar-refractivity contribution in [3.63, 3.8) is 0 Å². The molecule has 4 heterocycles. The smallest absolute Gasteiger partial charge is 0.410 e. The Kier molecular flexibility index (Phi) is 7.47. The van der Waals surface area contributed by atoms with E-state index in [0.29, 0.717) is 42.1 Å². The molecule has 1 aromatic carbocycles. The van der Waals surface area contributed by atoms with Gasteiger partial charge in [-0.15, -0.1) is 5.10 Å². The molecule has 0 N–H and O–H groups in total. The number of halogens is 2. The van der Waals surface area contributed by atoms with Gasteiger partial charge in [-0.1, -0.05) is 5.21 Å². The van der Waals surface area contributed by atoms with Gasteiger partial charge in [0.05, 0.1) is 17.3 Å². The molecule has 0 spiro atoms. The molecule has 1 aliphatic rings. The van der Waals surface area contributed by atoms with Crippen LogP contribution in [0.3, 0.4) is 0 Å². The lowest BCUT2D eigenvalue weighted by atomic mass is 10.0. The SMILES string of the molecule is CC(C)(C)OC(=O)N1CCC[C@@H](N(C(=O)c2ccc(-n3nnc4cccnc43)cc2F)c2cc(I)ccn2)C1. The third kappa shape index (κ3) is 5.84. The monoisotopic (exact) mass is 643 g/mol. The van der Waals surface area contributed by atoms with Crippen LogP contribution in [0.25, 0.3) is 16.9 Å². The highest BCUT2D eigenvalue weighted by atomic mass is 127. The molecule has 0 saturated carbocycles. The van der Waals surface area contributed by atoms with Gasteiger partial charge in [-0.2, -0.15) is 4.68 Å². The number of nitrogens with zero attached hydrogens (tertiary/aromatic N) is 7. The average Bonchev–Trinajstić information content (AvgIpc) is 3.32. The lowest BCUT2D eigenvalue weighted by Crippen LogP contribution is -2.53. The zero-order chi connectivity index (χ0) is 27.7. The van der Waals surface area contributed by atoms with Gasteiger partial charge in [-0.05, 0) is 92.6 Å². The Morgan fingerprint density at radius 3 is 2.69 bits per heavy atom. The number of hydrogen-bond acceptors (Lipinski definition) is 7. The van der Waals surface area contributed by atoms with Crippen LogP contribution in [0.15, 0.2) is 54.9 Å². The van der Waals surface area contributed by atoms with Crippen molar-refractivity contribution in [1.29, 1.82) is 0 Å². The summed E-state index contributed by atoms with van der Waals surface area (Å²) in [6.45, 7) is 6.17. The number of hydrogen-bond donors (Lipinski definition) is 0. The van der Waals surface area contributed by atoms with E-state index in [1.54, 1.807) is 41.6 Å². The summed E-state index contributed by atoms with van der Waals surface area (Å²) in [5, 5.41) is 8.14. The molecule has 4 aromatic rings. The second kappa shape index (κ2) is 10.8. The molecule has 0 unspecified atom stereocenters. The molecule has 0 bridgehead atoms. The van der Waals surface area contributed by atoms with Crippen molar-refractivity contribution in [2.24, 2.45) is 0 Å². The molecule has 2 amide bonds. The normalized spacial score (nSPS) is 15.8. The predicted octanol–water partition coefficient (Wildman–Crippen LogP) is 5.00. The van der Waals surface area contributed by atoms with Gasteiger partial charge in [0, 0.05) is 35.1 Å². The first-order chi connectivity index (χ1) is 18.6. The van der Waals surface area contributed by atoms with Crippen LogP contribution in [0.5, 0.6) is 0 Å². The van der Waals surface area contributed by atoms with Crippen LogP contribution in [-0.2, 0) is 4.74 Å². The van der Waals surface area contributed by atoms with Crippen molar-refractivity contribution in [3.8, 4) is 5.69 Å². The Labute approximate surface area is 238 Å². The molecule has 10 nitrogen and oxygen atoms in total. The standard InChI is InChI=1S/C27H27FIN7O3/c1-27(2,3)39-26(38)34-13-5-6-19(16-34)35(23-14-17(29)10-12-30-23)25(37)20-9-8-18(15-21(20)28)36-24-22(32-33-36)7-4-11-31-24/h4,7-12,14-15,19H,5-6,13,16H2,1-3H3/t19-/m1/s1. The topological polar surface area (TPSA) is 106 Å². The Balaban J connectivity index is 1.48. The molecule has 1 fully saturated rings. The van der Waals surface area contributed by atoms with Gasteiger partial charge >= 0.3 is 6.09 Å². The van der Waals surface area contributed by atoms with Crippen molar-refractivity contribution in [2.75, 3.05) is 18.0 Å². The fourth-order valence-corrected chi connectivity index (χ4v) is 4.96. The van der Waals surface area contributed by atoms with Crippen LogP contribution in [0, 0.1) is 9.39 Å². The van der Waals surface area contributed by atoms with Gasteiger partial charge in [0.25, 0.3) is 5.91 Å². The van der Waals surface area contributed by atoms with Gasteiger partial charge in [-0.3, -0.25) is 9.69 Å². The van der Waals surface area contributed by atoms with Gasteiger partial charge in [0.2, 0.25) is 0 Å². The number of anilines is 1. The van der Waals surface area contributed by atoms with Gasteiger partial charge < -0.3 is 9.64 Å². The van der Waals surface area contributed by atoms with E-state index in [1.807, 2.05) is 26.8 Å². The van der Waals surface area contributed by atoms with Crippen molar-refractivity contribution in [2.45, 2.75) is 45.3 Å². The maximum atomic E-state index is 15.6. The molecule has 0 aliphatic carbocycles. The minimum absolute atomic E-state index is 0.119. The first-order valence-electron chi connectivity index (χ1n) is 12.5. The quantitative estimate of drug-likeness (QED) is 0.288. The zero-order valence-corrected chi connectivity index (χ0v) is 23.9. The lowest BCUT2D eigenvalue weighted by Gasteiger charge is -2.39. The summed E-state index contributed by atoms with van der Waals surface area (Å²) in [6, 6.07) is 10.9. The molecule has 1 saturated heterocycles. The molecule has 1 aliphatic heterocycles. The van der Waals surface area contributed by atoms with E-state index in [1.165, 1.54) is 21.7 Å². The Bertz CT molecular complexity index is 1540. The van der Waals surface area contributed by atoms with Gasteiger partial charge in [0.15, 0.2) is 5.65 Å². The van der Waals surface area contributed by atoms with Crippen molar-refractivity contribution in [1.82, 2.24) is 29.9 Å². The van der Waals surface area contributed by atoms with Crippen molar-refractivity contribution in [3.05, 3.63) is 69.8 Å². The molecule has 12 heteroatoms. The molecule has 3 aromatic heterocycles. The average molecular weight is 643 g/mol. The number of piperidine rings is 1. The molecule has 39 heavy (non-hydrogen) atoms. The number of aromatic nitrogens is 5. The number of pyridine rings is 2. The van der Waals surface area contributed by atoms with Gasteiger partial charge in [-0.25, -0.2) is 19.2 Å². The number of amides is 2. The molecule has 5 rings (SSSR count). The fraction of sp³-hybridized carbons (Fsp3) is 0.333. The number of benzene rings is 1. The Morgan fingerprint density at radius 2 is 1.95 bits per heavy atom. The van der Waals surface area contributed by atoms with Crippen molar-refractivity contribution >= 4 is 51.6 Å². The summed E-state index contributed by atoms with van der Waals surface area (Å²) < 4.78 is 23.4. The number of carbonyl (C=O) groups excluding carboxylic acids is 2. The summed E-state index contributed by atoms with van der Waals surface area (Å²) >= 11 is 2.14. The van der Waals surface area contributed by atoms with Gasteiger partial charge in [0.1, 0.15) is 22.8 Å². The van der Waals surface area contributed by atoms with Crippen LogP contribution >= 0.6 is 22.6 Å². The van der Waals surface area contributed by atoms with Crippen LogP contribution in [-0.4, -0.2) is 66.6 Å². The van der Waals surface area contributed by atoms with E-state index in [2.05, 4.69) is 42.9 Å². The van der Waals surface area contributed by atoms with Crippen LogP contribution in [0.4, 0.5) is 15.0 Å². The maximum absolute atomic E-state index is 15.6. The number of carbonyl (C=O) groups is 2. The van der Waals surface area contributed by atoms with Crippen LogP contribution < -0.4 is 4.90 Å². The number of likely N-dealkylation sites (tertiary alicyclic amines) is 1. The second-order valence-electron chi connectivity index (χ2n) is 10.2. The second-order valence-corrected chi connectivity index (χ2v) is 11.5. The first kappa shape index (κ1) is 26.9. The summed E-state index contributed by atoms with van der Waals surface area (Å²) in [6.07, 6.45) is 4.04. The molecule has 202 valence electrons. The highest BCUT2D eigenvalue weighted by molar-refractivity contribution is 14.1. The summed E-state index contributed by atoms with van der Waals surface area (Å²) in [5.41, 5.74) is 0.668. The number of rotatable bonds is 4. The van der Waals surface area contributed by atoms with E-state index in [4.69, 9.17) is 4.74 Å². The minimum Gasteiger partial charge on any atom is -0.444 e. The zero-order valence-electron chi connectivity index (χ0n) is 21.7. The predicted molar refractivity (Wildman–Crippen MR) is 151 cm³/mol. The Hall–Kier alpha value is -3.68. The van der Waals surface area contributed by atoms with E-state index in [9.17, 15) is 9.59 Å². The third-order valence-electron chi connectivity index (χ3n) is 6.22. The lowest BCUT2D eigenvalue weighted by molar-refractivity contribution is 0.0195. The van der Waals surface area contributed by atoms with E-state index >= 15 is 4.39 Å².